The van der Waals surface area contributed by atoms with E-state index in [9.17, 15) is 9.90 Å². The summed E-state index contributed by atoms with van der Waals surface area (Å²) in [6.07, 6.45) is 10.0. The van der Waals surface area contributed by atoms with Crippen molar-refractivity contribution in [1.82, 2.24) is 0 Å². The van der Waals surface area contributed by atoms with E-state index >= 15 is 0 Å². The molecule has 2 nitrogen and oxygen atoms in total. The van der Waals surface area contributed by atoms with Crippen LogP contribution in [0.2, 0.25) is 0 Å². The Hall–Kier alpha value is -2.35. The lowest BCUT2D eigenvalue weighted by Crippen LogP contribution is -1.92. The van der Waals surface area contributed by atoms with Crippen molar-refractivity contribution in [2.75, 3.05) is 0 Å². The summed E-state index contributed by atoms with van der Waals surface area (Å²) < 4.78 is 0. The lowest BCUT2D eigenvalue weighted by atomic mass is 10.0. The van der Waals surface area contributed by atoms with Crippen molar-refractivity contribution in [2.45, 2.75) is 58.8 Å². The largest absolute Gasteiger partial charge is 0.508 e. The van der Waals surface area contributed by atoms with Crippen molar-refractivity contribution in [2.24, 2.45) is 0 Å². The Morgan fingerprint density at radius 2 is 1.42 bits per heavy atom. The molecule has 0 aliphatic rings. The minimum Gasteiger partial charge on any atom is -0.508 e. The van der Waals surface area contributed by atoms with Gasteiger partial charge in [-0.25, -0.2) is 0 Å². The number of aryl methyl sites for hydroxylation is 1. The van der Waals surface area contributed by atoms with Gasteiger partial charge in [-0.15, -0.1) is 0 Å². The Morgan fingerprint density at radius 3 is 2.04 bits per heavy atom. The van der Waals surface area contributed by atoms with Crippen molar-refractivity contribution in [3.8, 4) is 0 Å². The second-order valence-corrected chi connectivity index (χ2v) is 6.91. The smallest absolute Gasteiger partial charge is 0.159 e. The van der Waals surface area contributed by atoms with Gasteiger partial charge in [0, 0.05) is 11.1 Å². The third kappa shape index (κ3) is 6.51. The molecule has 2 heteroatoms. The van der Waals surface area contributed by atoms with Crippen molar-refractivity contribution < 1.29 is 9.90 Å². The summed E-state index contributed by atoms with van der Waals surface area (Å²) in [5, 5.41) is 10.3. The number of unbranched alkanes of at least 4 members (excludes halogenated alkanes) is 4. The molecule has 2 rings (SSSR count). The number of Topliss-reactive ketones (excluding diaryl/α,β-unsaturated/α-hetero) is 1. The zero-order valence-corrected chi connectivity index (χ0v) is 16.0. The fraction of sp³-hybridized carbons (Fsp3) is 0.375. The molecule has 0 bridgehead atoms. The molecule has 0 aromatic heterocycles. The van der Waals surface area contributed by atoms with Crippen LogP contribution in [0.3, 0.4) is 0 Å². The van der Waals surface area contributed by atoms with Gasteiger partial charge in [-0.05, 0) is 43.4 Å². The van der Waals surface area contributed by atoms with Gasteiger partial charge in [0.1, 0.15) is 5.76 Å². The Bertz CT molecular complexity index is 709. The van der Waals surface area contributed by atoms with Crippen LogP contribution < -0.4 is 0 Å². The molecule has 0 aliphatic carbocycles. The molecule has 0 spiro atoms. The maximum absolute atomic E-state index is 11.3. The number of ketones is 1. The minimum absolute atomic E-state index is 0.0698. The molecule has 0 radical (unpaired) electrons. The van der Waals surface area contributed by atoms with Crippen LogP contribution in [0.1, 0.15) is 73.0 Å². The van der Waals surface area contributed by atoms with Crippen LogP contribution in [0.25, 0.3) is 5.76 Å². The quantitative estimate of drug-likeness (QED) is 0.300. The van der Waals surface area contributed by atoms with Crippen LogP contribution in [-0.2, 0) is 12.8 Å². The lowest BCUT2D eigenvalue weighted by Gasteiger charge is -2.05. The summed E-state index contributed by atoms with van der Waals surface area (Å²) in [5.74, 6) is 0.371. The number of carbonyl (C=O) groups excluding carboxylic acids is 1. The predicted octanol–water partition coefficient (Wildman–Crippen LogP) is 6.54. The molecule has 1 N–H and O–H groups in total. The van der Waals surface area contributed by atoms with Crippen LogP contribution >= 0.6 is 0 Å². The first-order valence-corrected chi connectivity index (χ1v) is 9.68. The van der Waals surface area contributed by atoms with E-state index in [-0.39, 0.29) is 5.78 Å². The number of rotatable bonds is 10. The van der Waals surface area contributed by atoms with Gasteiger partial charge in [-0.2, -0.15) is 0 Å². The van der Waals surface area contributed by atoms with E-state index < -0.39 is 0 Å². The zero-order chi connectivity index (χ0) is 18.8. The van der Waals surface area contributed by atoms with Gasteiger partial charge in [-0.3, -0.25) is 4.79 Å². The molecule has 0 aliphatic heterocycles. The van der Waals surface area contributed by atoms with Crippen molar-refractivity contribution in [3.63, 3.8) is 0 Å². The Morgan fingerprint density at radius 1 is 0.846 bits per heavy atom. The monoisotopic (exact) mass is 350 g/mol. The van der Waals surface area contributed by atoms with Crippen LogP contribution in [0, 0.1) is 0 Å². The van der Waals surface area contributed by atoms with Gasteiger partial charge >= 0.3 is 0 Å². The lowest BCUT2D eigenvalue weighted by molar-refractivity contribution is 0.101. The molecule has 2 aromatic rings. The van der Waals surface area contributed by atoms with Crippen molar-refractivity contribution in [3.05, 3.63) is 76.9 Å². The highest BCUT2D eigenvalue weighted by atomic mass is 16.3. The summed E-state index contributed by atoms with van der Waals surface area (Å²) in [4.78, 5) is 11.3. The van der Waals surface area contributed by atoms with Gasteiger partial charge in [-0.1, -0.05) is 81.1 Å². The standard InChI is InChI=1S/C24H30O2/c1-3-4-5-6-7-8-20-11-16-23(17-12-20)24(26)18-13-21-9-14-22(15-10-21)19(2)25/h9-12,14-18,26H,3-8,13H2,1-2H3/b24-18-. The number of hydrogen-bond acceptors (Lipinski definition) is 2. The second kappa shape index (κ2) is 10.6. The summed E-state index contributed by atoms with van der Waals surface area (Å²) in [5.41, 5.74) is 3.97. The SMILES string of the molecule is CCCCCCCc1ccc(/C(O)=C/Cc2ccc(C(C)=O)cc2)cc1. The Balaban J connectivity index is 1.87. The molecule has 0 atom stereocenters. The first-order chi connectivity index (χ1) is 12.6. The Kier molecular flexibility index (Phi) is 8.14. The average Bonchev–Trinajstić information content (AvgIpc) is 2.66. The van der Waals surface area contributed by atoms with Gasteiger partial charge in [0.2, 0.25) is 0 Å². The van der Waals surface area contributed by atoms with Crippen LogP contribution in [-0.4, -0.2) is 10.9 Å². The van der Waals surface area contributed by atoms with E-state index in [1.165, 1.54) is 37.7 Å². The third-order valence-corrected chi connectivity index (χ3v) is 4.71. The number of benzene rings is 2. The predicted molar refractivity (Wildman–Crippen MR) is 110 cm³/mol. The molecule has 0 heterocycles. The minimum atomic E-state index is 0.0698. The first-order valence-electron chi connectivity index (χ1n) is 9.68. The first kappa shape index (κ1) is 20.0. The normalized spacial score (nSPS) is 11.5. The van der Waals surface area contributed by atoms with Crippen LogP contribution in [0.15, 0.2) is 54.6 Å². The molecular weight excluding hydrogens is 320 g/mol. The van der Waals surface area contributed by atoms with E-state index in [2.05, 4.69) is 19.1 Å². The maximum Gasteiger partial charge on any atom is 0.159 e. The van der Waals surface area contributed by atoms with Gasteiger partial charge < -0.3 is 5.11 Å². The third-order valence-electron chi connectivity index (χ3n) is 4.71. The summed E-state index contributed by atoms with van der Waals surface area (Å²) in [7, 11) is 0. The van der Waals surface area contributed by atoms with Crippen LogP contribution in [0.5, 0.6) is 0 Å². The molecule has 0 fully saturated rings. The molecule has 138 valence electrons. The summed E-state index contributed by atoms with van der Waals surface area (Å²) in [6, 6.07) is 15.7. The van der Waals surface area contributed by atoms with Gasteiger partial charge in [0.25, 0.3) is 0 Å². The Labute approximate surface area is 157 Å². The molecule has 26 heavy (non-hydrogen) atoms. The fourth-order valence-corrected chi connectivity index (χ4v) is 2.98. The van der Waals surface area contributed by atoms with E-state index in [4.69, 9.17) is 0 Å². The average molecular weight is 351 g/mol. The fourth-order valence-electron chi connectivity index (χ4n) is 2.98. The molecule has 0 saturated carbocycles. The van der Waals surface area contributed by atoms with E-state index in [1.54, 1.807) is 6.92 Å². The maximum atomic E-state index is 11.3. The molecular formula is C24H30O2. The number of aliphatic hydroxyl groups excluding tert-OH is 1. The van der Waals surface area contributed by atoms with E-state index in [0.717, 1.165) is 17.5 Å². The summed E-state index contributed by atoms with van der Waals surface area (Å²) in [6.45, 7) is 3.80. The van der Waals surface area contributed by atoms with E-state index in [1.807, 2.05) is 42.5 Å². The highest BCUT2D eigenvalue weighted by Gasteiger charge is 2.02. The topological polar surface area (TPSA) is 37.3 Å². The number of hydrogen-bond donors (Lipinski definition) is 1. The number of carbonyl (C=O) groups is 1. The summed E-state index contributed by atoms with van der Waals surface area (Å²) >= 11 is 0. The van der Waals surface area contributed by atoms with Crippen molar-refractivity contribution in [1.29, 1.82) is 0 Å². The zero-order valence-electron chi connectivity index (χ0n) is 16.0. The molecule has 0 saturated heterocycles. The molecule has 2 aromatic carbocycles. The highest BCUT2D eigenvalue weighted by molar-refractivity contribution is 5.94. The number of aliphatic hydroxyl groups is 1. The van der Waals surface area contributed by atoms with E-state index in [0.29, 0.717) is 17.7 Å². The van der Waals surface area contributed by atoms with Crippen molar-refractivity contribution >= 4 is 11.5 Å². The van der Waals surface area contributed by atoms with Gasteiger partial charge in [0.05, 0.1) is 0 Å². The highest BCUT2D eigenvalue weighted by Crippen LogP contribution is 2.16. The number of allylic oxidation sites excluding steroid dienone is 1. The van der Waals surface area contributed by atoms with Crippen LogP contribution in [0.4, 0.5) is 0 Å². The molecule has 0 unspecified atom stereocenters. The van der Waals surface area contributed by atoms with Gasteiger partial charge in [0.15, 0.2) is 5.78 Å². The second-order valence-electron chi connectivity index (χ2n) is 6.91. The molecule has 0 amide bonds.